The van der Waals surface area contributed by atoms with Gasteiger partial charge in [0.15, 0.2) is 0 Å². The van der Waals surface area contributed by atoms with Crippen molar-refractivity contribution in [3.63, 3.8) is 0 Å². The standard InChI is InChI=1S/C15H21N3O3/c1-21-15-8-13(7-14(9-15)18(19)20)17(12-4-5-12)10-11-3-2-6-16-11/h7-9,11-12,16H,2-6,10H2,1H3. The molecule has 1 saturated heterocycles. The number of benzene rings is 1. The van der Waals surface area contributed by atoms with E-state index in [9.17, 15) is 10.1 Å². The molecule has 0 bridgehead atoms. The van der Waals surface area contributed by atoms with E-state index in [-0.39, 0.29) is 10.6 Å². The first-order valence-electron chi connectivity index (χ1n) is 7.51. The normalized spacial score (nSPS) is 21.3. The highest BCUT2D eigenvalue weighted by Gasteiger charge is 2.32. The number of anilines is 1. The fourth-order valence-electron chi connectivity index (χ4n) is 2.96. The Labute approximate surface area is 124 Å². The Bertz CT molecular complexity index is 525. The highest BCUT2D eigenvalue weighted by molar-refractivity contribution is 5.59. The number of rotatable bonds is 6. The van der Waals surface area contributed by atoms with Crippen LogP contribution in [0, 0.1) is 10.1 Å². The van der Waals surface area contributed by atoms with Gasteiger partial charge < -0.3 is 15.0 Å². The monoisotopic (exact) mass is 291 g/mol. The van der Waals surface area contributed by atoms with Gasteiger partial charge in [-0.2, -0.15) is 0 Å². The van der Waals surface area contributed by atoms with Crippen LogP contribution in [0.4, 0.5) is 11.4 Å². The molecule has 1 aliphatic carbocycles. The van der Waals surface area contributed by atoms with Gasteiger partial charge >= 0.3 is 0 Å². The second-order valence-electron chi connectivity index (χ2n) is 5.82. The topological polar surface area (TPSA) is 67.6 Å². The second kappa shape index (κ2) is 5.89. The van der Waals surface area contributed by atoms with Crippen LogP contribution in [-0.4, -0.2) is 37.2 Å². The van der Waals surface area contributed by atoms with Crippen LogP contribution in [0.5, 0.6) is 5.75 Å². The summed E-state index contributed by atoms with van der Waals surface area (Å²) in [5.41, 5.74) is 0.992. The SMILES string of the molecule is COc1cc(N(CC2CCCN2)C2CC2)cc([N+](=O)[O-])c1. The Hall–Kier alpha value is -1.82. The third-order valence-corrected chi connectivity index (χ3v) is 4.22. The van der Waals surface area contributed by atoms with Gasteiger partial charge in [-0.15, -0.1) is 0 Å². The number of methoxy groups -OCH3 is 1. The molecule has 1 unspecified atom stereocenters. The molecule has 1 aromatic rings. The zero-order chi connectivity index (χ0) is 14.8. The number of nitro benzene ring substituents is 1. The fourth-order valence-corrected chi connectivity index (χ4v) is 2.96. The molecule has 1 atom stereocenters. The Morgan fingerprint density at radius 2 is 2.19 bits per heavy atom. The van der Waals surface area contributed by atoms with Crippen molar-refractivity contribution in [3.8, 4) is 5.75 Å². The Balaban J connectivity index is 1.86. The number of nitrogens with zero attached hydrogens (tertiary/aromatic N) is 2. The highest BCUT2D eigenvalue weighted by Crippen LogP contribution is 2.36. The number of hydrogen-bond donors (Lipinski definition) is 1. The van der Waals surface area contributed by atoms with Gasteiger partial charge in [-0.05, 0) is 32.2 Å². The van der Waals surface area contributed by atoms with E-state index >= 15 is 0 Å². The fraction of sp³-hybridized carbons (Fsp3) is 0.600. The molecule has 21 heavy (non-hydrogen) atoms. The number of nitro groups is 1. The van der Waals surface area contributed by atoms with Crippen LogP contribution in [0.25, 0.3) is 0 Å². The summed E-state index contributed by atoms with van der Waals surface area (Å²) in [7, 11) is 1.54. The molecule has 1 saturated carbocycles. The van der Waals surface area contributed by atoms with Crippen LogP contribution in [0.15, 0.2) is 18.2 Å². The number of ether oxygens (including phenoxy) is 1. The first kappa shape index (κ1) is 14.1. The Morgan fingerprint density at radius 1 is 1.38 bits per heavy atom. The molecule has 1 heterocycles. The maximum atomic E-state index is 11.1. The molecule has 2 aliphatic rings. The lowest BCUT2D eigenvalue weighted by Gasteiger charge is -2.28. The van der Waals surface area contributed by atoms with Crippen LogP contribution in [0.1, 0.15) is 25.7 Å². The molecule has 0 radical (unpaired) electrons. The zero-order valence-electron chi connectivity index (χ0n) is 12.2. The van der Waals surface area contributed by atoms with E-state index in [1.807, 2.05) is 6.07 Å². The molecule has 0 aromatic heterocycles. The first-order chi connectivity index (χ1) is 10.2. The maximum absolute atomic E-state index is 11.1. The molecule has 114 valence electrons. The molecule has 3 rings (SSSR count). The van der Waals surface area contributed by atoms with E-state index < -0.39 is 0 Å². The highest BCUT2D eigenvalue weighted by atomic mass is 16.6. The van der Waals surface area contributed by atoms with Crippen LogP contribution < -0.4 is 15.0 Å². The molecule has 1 aromatic carbocycles. The number of nitrogens with one attached hydrogen (secondary N) is 1. The minimum atomic E-state index is -0.356. The second-order valence-corrected chi connectivity index (χ2v) is 5.82. The van der Waals surface area contributed by atoms with E-state index in [1.165, 1.54) is 18.9 Å². The van der Waals surface area contributed by atoms with E-state index in [4.69, 9.17) is 4.74 Å². The summed E-state index contributed by atoms with van der Waals surface area (Å²) in [6.07, 6.45) is 4.71. The molecule has 2 fully saturated rings. The van der Waals surface area contributed by atoms with Crippen molar-refractivity contribution in [1.29, 1.82) is 0 Å². The average Bonchev–Trinajstić information content (AvgIpc) is 3.20. The van der Waals surface area contributed by atoms with E-state index in [1.54, 1.807) is 13.2 Å². The maximum Gasteiger partial charge on any atom is 0.275 e. The lowest BCUT2D eigenvalue weighted by atomic mass is 10.1. The van der Waals surface area contributed by atoms with Crippen molar-refractivity contribution < 1.29 is 9.66 Å². The van der Waals surface area contributed by atoms with Crippen molar-refractivity contribution in [3.05, 3.63) is 28.3 Å². The lowest BCUT2D eigenvalue weighted by molar-refractivity contribution is -0.384. The predicted octanol–water partition coefficient (Wildman–Crippen LogP) is 2.32. The molecule has 6 nitrogen and oxygen atoms in total. The van der Waals surface area contributed by atoms with E-state index in [0.29, 0.717) is 17.8 Å². The summed E-state index contributed by atoms with van der Waals surface area (Å²) < 4.78 is 5.22. The van der Waals surface area contributed by atoms with Crippen molar-refractivity contribution in [2.75, 3.05) is 25.1 Å². The average molecular weight is 291 g/mol. The molecule has 0 amide bonds. The van der Waals surface area contributed by atoms with Crippen molar-refractivity contribution in [2.45, 2.75) is 37.8 Å². The van der Waals surface area contributed by atoms with Gasteiger partial charge in [0, 0.05) is 36.4 Å². The van der Waals surface area contributed by atoms with Crippen LogP contribution in [-0.2, 0) is 0 Å². The molecule has 0 spiro atoms. The first-order valence-corrected chi connectivity index (χ1v) is 7.51. The number of non-ortho nitro benzene ring substituents is 1. The smallest absolute Gasteiger partial charge is 0.275 e. The molecule has 1 aliphatic heterocycles. The summed E-state index contributed by atoms with van der Waals surface area (Å²) in [5, 5.41) is 14.6. The van der Waals surface area contributed by atoms with Crippen LogP contribution in [0.3, 0.4) is 0 Å². The molecule has 1 N–H and O–H groups in total. The summed E-state index contributed by atoms with van der Waals surface area (Å²) in [6, 6.07) is 6.04. The summed E-state index contributed by atoms with van der Waals surface area (Å²) in [5.74, 6) is 0.546. The van der Waals surface area contributed by atoms with Gasteiger partial charge in [0.25, 0.3) is 5.69 Å². The van der Waals surface area contributed by atoms with Crippen molar-refractivity contribution >= 4 is 11.4 Å². The van der Waals surface area contributed by atoms with Crippen molar-refractivity contribution in [1.82, 2.24) is 5.32 Å². The van der Waals surface area contributed by atoms with Crippen LogP contribution in [0.2, 0.25) is 0 Å². The Morgan fingerprint density at radius 3 is 2.76 bits per heavy atom. The number of hydrogen-bond acceptors (Lipinski definition) is 5. The molecular formula is C15H21N3O3. The lowest BCUT2D eigenvalue weighted by Crippen LogP contribution is -2.39. The molecular weight excluding hydrogens is 270 g/mol. The van der Waals surface area contributed by atoms with Gasteiger partial charge in [-0.25, -0.2) is 0 Å². The molecule has 6 heteroatoms. The van der Waals surface area contributed by atoms with E-state index in [0.717, 1.165) is 31.6 Å². The summed E-state index contributed by atoms with van der Waals surface area (Å²) in [4.78, 5) is 13.0. The predicted molar refractivity (Wildman–Crippen MR) is 81.0 cm³/mol. The van der Waals surface area contributed by atoms with Gasteiger partial charge in [0.1, 0.15) is 5.75 Å². The van der Waals surface area contributed by atoms with Gasteiger partial charge in [0.2, 0.25) is 0 Å². The van der Waals surface area contributed by atoms with Crippen molar-refractivity contribution in [2.24, 2.45) is 0 Å². The van der Waals surface area contributed by atoms with E-state index in [2.05, 4.69) is 10.2 Å². The van der Waals surface area contributed by atoms with Gasteiger partial charge in [-0.1, -0.05) is 0 Å². The minimum absolute atomic E-state index is 0.0920. The third-order valence-electron chi connectivity index (χ3n) is 4.22. The zero-order valence-corrected chi connectivity index (χ0v) is 12.2. The largest absolute Gasteiger partial charge is 0.496 e. The van der Waals surface area contributed by atoms with Crippen LogP contribution >= 0.6 is 0 Å². The summed E-state index contributed by atoms with van der Waals surface area (Å²) >= 11 is 0. The van der Waals surface area contributed by atoms with Gasteiger partial charge in [-0.3, -0.25) is 10.1 Å². The third kappa shape index (κ3) is 3.26. The Kier molecular flexibility index (Phi) is 3.96. The minimum Gasteiger partial charge on any atom is -0.496 e. The van der Waals surface area contributed by atoms with Gasteiger partial charge in [0.05, 0.1) is 18.1 Å². The quantitative estimate of drug-likeness (QED) is 0.643. The summed E-state index contributed by atoms with van der Waals surface area (Å²) in [6.45, 7) is 1.98.